The van der Waals surface area contributed by atoms with Gasteiger partial charge >= 0.3 is 0 Å². The molecule has 0 rings (SSSR count). The molecule has 5 heteroatoms. The summed E-state index contributed by atoms with van der Waals surface area (Å²) in [7, 11) is 0. The highest BCUT2D eigenvalue weighted by Gasteiger charge is 2.19. The van der Waals surface area contributed by atoms with Gasteiger partial charge in [0.2, 0.25) is 5.91 Å². The molecule has 0 fully saturated rings. The largest absolute Gasteiger partial charge is 0.394 e. The highest BCUT2D eigenvalue weighted by molar-refractivity contribution is 5.76. The zero-order valence-electron chi connectivity index (χ0n) is 22.2. The van der Waals surface area contributed by atoms with Gasteiger partial charge in [-0.1, -0.05) is 115 Å². The topological polar surface area (TPSA) is 89.8 Å². The fraction of sp³-hybridized carbons (Fsp3) is 0.828. The van der Waals surface area contributed by atoms with E-state index in [0.29, 0.717) is 6.42 Å². The number of hydrogen-bond acceptors (Lipinski definition) is 4. The third-order valence-corrected chi connectivity index (χ3v) is 6.23. The molecular weight excluding hydrogens is 426 g/mol. The molecular formula is C29H55NO4. The second-order valence-electron chi connectivity index (χ2n) is 9.66. The van der Waals surface area contributed by atoms with Crippen LogP contribution in [0.4, 0.5) is 0 Å². The lowest BCUT2D eigenvalue weighted by Crippen LogP contribution is -2.45. The first-order valence-corrected chi connectivity index (χ1v) is 14.1. The van der Waals surface area contributed by atoms with Gasteiger partial charge in [0.15, 0.2) is 0 Å². The van der Waals surface area contributed by atoms with Crippen molar-refractivity contribution in [3.8, 4) is 0 Å². The van der Waals surface area contributed by atoms with Crippen LogP contribution in [0.25, 0.3) is 0 Å². The van der Waals surface area contributed by atoms with Crippen molar-refractivity contribution in [3.05, 3.63) is 24.3 Å². The van der Waals surface area contributed by atoms with Crippen molar-refractivity contribution in [2.75, 3.05) is 6.61 Å². The molecule has 0 spiro atoms. The van der Waals surface area contributed by atoms with Crippen molar-refractivity contribution < 1.29 is 20.1 Å². The number of allylic oxidation sites excluding steroid dienone is 2. The maximum Gasteiger partial charge on any atom is 0.223 e. The smallest absolute Gasteiger partial charge is 0.223 e. The predicted molar refractivity (Wildman–Crippen MR) is 144 cm³/mol. The maximum absolute atomic E-state index is 12.2. The van der Waals surface area contributed by atoms with Crippen LogP contribution in [0.5, 0.6) is 0 Å². The molecule has 0 aliphatic heterocycles. The number of nitrogens with one attached hydrogen (secondary N) is 1. The van der Waals surface area contributed by atoms with Crippen LogP contribution in [-0.4, -0.2) is 46.1 Å². The molecule has 4 N–H and O–H groups in total. The average Bonchev–Trinajstić information content (AvgIpc) is 2.82. The molecule has 0 aromatic rings. The molecule has 0 saturated heterocycles. The van der Waals surface area contributed by atoms with Gasteiger partial charge in [0.1, 0.15) is 0 Å². The third-order valence-electron chi connectivity index (χ3n) is 6.23. The normalized spacial score (nSPS) is 14.6. The summed E-state index contributed by atoms with van der Waals surface area (Å²) in [5.74, 6) is -0.356. The minimum Gasteiger partial charge on any atom is -0.394 e. The Labute approximate surface area is 210 Å². The van der Waals surface area contributed by atoms with Crippen molar-refractivity contribution in [1.29, 1.82) is 0 Å². The summed E-state index contributed by atoms with van der Waals surface area (Å²) < 4.78 is 0. The summed E-state index contributed by atoms with van der Waals surface area (Å²) in [5.41, 5.74) is 0. The quantitative estimate of drug-likeness (QED) is 0.0954. The highest BCUT2D eigenvalue weighted by Crippen LogP contribution is 2.12. The molecule has 0 radical (unpaired) electrons. The SMILES string of the molecule is CCCCCC/C=C\CC(O)CC(=O)NC(CO)C(O)/C=C/CCCCCCCCCCCC. The molecule has 0 heterocycles. The molecule has 0 aliphatic rings. The second kappa shape index (κ2) is 24.9. The minimum atomic E-state index is -0.933. The van der Waals surface area contributed by atoms with Gasteiger partial charge in [-0.3, -0.25) is 4.79 Å². The van der Waals surface area contributed by atoms with Crippen molar-refractivity contribution in [2.24, 2.45) is 0 Å². The van der Waals surface area contributed by atoms with E-state index in [-0.39, 0.29) is 18.9 Å². The summed E-state index contributed by atoms with van der Waals surface area (Å²) in [6.45, 7) is 4.09. The van der Waals surface area contributed by atoms with Crippen LogP contribution in [0.2, 0.25) is 0 Å². The molecule has 1 amide bonds. The van der Waals surface area contributed by atoms with Crippen LogP contribution in [-0.2, 0) is 4.79 Å². The first-order valence-electron chi connectivity index (χ1n) is 14.1. The molecule has 34 heavy (non-hydrogen) atoms. The number of carbonyl (C=O) groups is 1. The van der Waals surface area contributed by atoms with Gasteiger partial charge in [0.05, 0.1) is 31.3 Å². The number of rotatable bonds is 24. The monoisotopic (exact) mass is 481 g/mol. The molecule has 200 valence electrons. The Bertz CT molecular complexity index is 506. The second-order valence-corrected chi connectivity index (χ2v) is 9.66. The van der Waals surface area contributed by atoms with E-state index >= 15 is 0 Å². The van der Waals surface area contributed by atoms with Crippen LogP contribution in [0.1, 0.15) is 129 Å². The van der Waals surface area contributed by atoms with Gasteiger partial charge in [-0.2, -0.15) is 0 Å². The van der Waals surface area contributed by atoms with Crippen LogP contribution in [0, 0.1) is 0 Å². The fourth-order valence-corrected chi connectivity index (χ4v) is 3.98. The van der Waals surface area contributed by atoms with E-state index in [1.54, 1.807) is 6.08 Å². The van der Waals surface area contributed by atoms with E-state index in [1.807, 2.05) is 12.2 Å². The van der Waals surface area contributed by atoms with Gasteiger partial charge in [0.25, 0.3) is 0 Å². The molecule has 0 aliphatic carbocycles. The van der Waals surface area contributed by atoms with Crippen LogP contribution < -0.4 is 5.32 Å². The molecule has 0 aromatic heterocycles. The Hall–Kier alpha value is -1.17. The predicted octanol–water partition coefficient (Wildman–Crippen LogP) is 6.36. The van der Waals surface area contributed by atoms with Crippen LogP contribution >= 0.6 is 0 Å². The number of unbranched alkanes of at least 4 members (excludes halogenated alkanes) is 14. The van der Waals surface area contributed by atoms with Crippen LogP contribution in [0.15, 0.2) is 24.3 Å². The van der Waals surface area contributed by atoms with Gasteiger partial charge in [-0.15, -0.1) is 0 Å². The van der Waals surface area contributed by atoms with Crippen molar-refractivity contribution in [1.82, 2.24) is 5.32 Å². The lowest BCUT2D eigenvalue weighted by Gasteiger charge is -2.20. The molecule has 5 nitrogen and oxygen atoms in total. The lowest BCUT2D eigenvalue weighted by atomic mass is 10.1. The Balaban J connectivity index is 3.91. The summed E-state index contributed by atoms with van der Waals surface area (Å²) in [6, 6.07) is -0.752. The van der Waals surface area contributed by atoms with Gasteiger partial charge < -0.3 is 20.6 Å². The minimum absolute atomic E-state index is 0.0360. The lowest BCUT2D eigenvalue weighted by molar-refractivity contribution is -0.124. The van der Waals surface area contributed by atoms with Gasteiger partial charge in [-0.05, 0) is 32.1 Å². The first kappa shape index (κ1) is 32.8. The standard InChI is InChI=1S/C29H55NO4/c1-3-5-7-9-11-12-13-14-15-17-19-21-23-28(33)27(25-31)30-29(34)24-26(32)22-20-18-16-10-8-6-4-2/h18,20-21,23,26-28,31-33H,3-17,19,22,24-25H2,1-2H3,(H,30,34)/b20-18-,23-21+. The fourth-order valence-electron chi connectivity index (χ4n) is 3.98. The zero-order valence-corrected chi connectivity index (χ0v) is 22.2. The van der Waals surface area contributed by atoms with E-state index in [1.165, 1.54) is 77.0 Å². The molecule has 3 atom stereocenters. The maximum atomic E-state index is 12.2. The van der Waals surface area contributed by atoms with E-state index in [4.69, 9.17) is 0 Å². The molecule has 0 saturated carbocycles. The number of hydrogen-bond donors (Lipinski definition) is 4. The Morgan fingerprint density at radius 3 is 1.79 bits per heavy atom. The van der Waals surface area contributed by atoms with E-state index in [2.05, 4.69) is 25.2 Å². The molecule has 0 aromatic carbocycles. The number of aliphatic hydroxyl groups is 3. The average molecular weight is 482 g/mol. The zero-order chi connectivity index (χ0) is 25.3. The number of carbonyl (C=O) groups excluding carboxylic acids is 1. The van der Waals surface area contributed by atoms with Gasteiger partial charge in [-0.25, -0.2) is 0 Å². The highest BCUT2D eigenvalue weighted by atomic mass is 16.3. The number of amides is 1. The summed E-state index contributed by atoms with van der Waals surface area (Å²) >= 11 is 0. The summed E-state index contributed by atoms with van der Waals surface area (Å²) in [5, 5.41) is 32.5. The van der Waals surface area contributed by atoms with E-state index < -0.39 is 18.2 Å². The summed E-state index contributed by atoms with van der Waals surface area (Å²) in [6.07, 6.45) is 26.0. The van der Waals surface area contributed by atoms with Crippen molar-refractivity contribution >= 4 is 5.91 Å². The van der Waals surface area contributed by atoms with Crippen LogP contribution in [0.3, 0.4) is 0 Å². The van der Waals surface area contributed by atoms with Crippen molar-refractivity contribution in [3.63, 3.8) is 0 Å². The van der Waals surface area contributed by atoms with Crippen molar-refractivity contribution in [2.45, 2.75) is 148 Å². The Kier molecular flexibility index (Phi) is 24.1. The van der Waals surface area contributed by atoms with E-state index in [9.17, 15) is 20.1 Å². The van der Waals surface area contributed by atoms with E-state index in [0.717, 1.165) is 25.7 Å². The van der Waals surface area contributed by atoms with Gasteiger partial charge in [0, 0.05) is 0 Å². The summed E-state index contributed by atoms with van der Waals surface area (Å²) in [4.78, 5) is 12.2. The number of aliphatic hydroxyl groups excluding tert-OH is 3. The first-order chi connectivity index (χ1) is 16.5. The Morgan fingerprint density at radius 1 is 0.735 bits per heavy atom. The molecule has 3 unspecified atom stereocenters. The molecule has 0 bridgehead atoms. The Morgan fingerprint density at radius 2 is 1.24 bits per heavy atom. The third kappa shape index (κ3) is 21.4.